The maximum Gasteiger partial charge on any atom is 0.191 e. The molecule has 0 aliphatic rings. The van der Waals surface area contributed by atoms with Gasteiger partial charge in [0.25, 0.3) is 0 Å². The van der Waals surface area contributed by atoms with Gasteiger partial charge in [0.15, 0.2) is 5.96 Å². The molecule has 0 aliphatic carbocycles. The van der Waals surface area contributed by atoms with E-state index in [4.69, 9.17) is 4.98 Å². The lowest BCUT2D eigenvalue weighted by Crippen LogP contribution is -2.38. The van der Waals surface area contributed by atoms with Crippen LogP contribution in [0, 0.1) is 0 Å². The quantitative estimate of drug-likeness (QED) is 0.373. The third kappa shape index (κ3) is 7.73. The van der Waals surface area contributed by atoms with Gasteiger partial charge in [0.05, 0.1) is 12.2 Å². The highest BCUT2D eigenvalue weighted by atomic mass is 127. The third-order valence-corrected chi connectivity index (χ3v) is 4.42. The first-order valence-electron chi connectivity index (χ1n) is 8.50. The molecule has 2 rings (SSSR count). The van der Waals surface area contributed by atoms with Gasteiger partial charge in [-0.25, -0.2) is 9.98 Å². The Morgan fingerprint density at radius 1 is 1.16 bits per heavy atom. The zero-order valence-electron chi connectivity index (χ0n) is 15.5. The monoisotopic (exact) mass is 472 g/mol. The first-order valence-corrected chi connectivity index (χ1v) is 9.38. The fourth-order valence-corrected chi connectivity index (χ4v) is 3.13. The minimum Gasteiger partial charge on any atom is -0.357 e. The highest BCUT2D eigenvalue weighted by molar-refractivity contribution is 14.0. The van der Waals surface area contributed by atoms with Crippen LogP contribution in [0.15, 0.2) is 40.7 Å². The number of thiazole rings is 1. The Kier molecular flexibility index (Phi) is 9.42. The van der Waals surface area contributed by atoms with E-state index in [0.717, 1.165) is 36.2 Å². The molecular formula is C19H29IN4S. The van der Waals surface area contributed by atoms with E-state index in [9.17, 15) is 0 Å². The van der Waals surface area contributed by atoms with E-state index in [-0.39, 0.29) is 29.4 Å². The molecule has 0 unspecified atom stereocenters. The molecule has 0 atom stereocenters. The van der Waals surface area contributed by atoms with Crippen molar-refractivity contribution in [3.05, 3.63) is 52.0 Å². The Bertz CT molecular complexity index is 647. The molecule has 1 aromatic carbocycles. The van der Waals surface area contributed by atoms with Gasteiger partial charge in [-0.3, -0.25) is 0 Å². The molecule has 0 bridgehead atoms. The number of nitrogens with one attached hydrogen (secondary N) is 2. The van der Waals surface area contributed by atoms with Crippen molar-refractivity contribution in [2.24, 2.45) is 4.99 Å². The van der Waals surface area contributed by atoms with Crippen LogP contribution in [-0.2, 0) is 18.4 Å². The number of benzene rings is 1. The van der Waals surface area contributed by atoms with Crippen LogP contribution in [0.1, 0.15) is 44.0 Å². The standard InChI is InChI=1S/C19H28N4S.HI/c1-5-20-18(21-12-11-15-9-7-6-8-10-15)22-13-17-23-16(14-24-17)19(2,3)4;/h6-10,14H,5,11-13H2,1-4H3,(H2,20,21,22);1H. The highest BCUT2D eigenvalue weighted by Crippen LogP contribution is 2.24. The number of halogens is 1. The summed E-state index contributed by atoms with van der Waals surface area (Å²) >= 11 is 1.68. The fourth-order valence-electron chi connectivity index (χ4n) is 2.19. The highest BCUT2D eigenvalue weighted by Gasteiger charge is 2.17. The summed E-state index contributed by atoms with van der Waals surface area (Å²) in [6.45, 7) is 11.0. The molecule has 0 spiro atoms. The average Bonchev–Trinajstić information content (AvgIpc) is 3.03. The van der Waals surface area contributed by atoms with E-state index < -0.39 is 0 Å². The number of aliphatic imine (C=N–C) groups is 1. The molecule has 0 radical (unpaired) electrons. The molecule has 138 valence electrons. The van der Waals surface area contributed by atoms with E-state index >= 15 is 0 Å². The Morgan fingerprint density at radius 2 is 1.88 bits per heavy atom. The molecule has 25 heavy (non-hydrogen) atoms. The molecule has 1 aromatic heterocycles. The van der Waals surface area contributed by atoms with Crippen LogP contribution >= 0.6 is 35.3 Å². The van der Waals surface area contributed by atoms with Gasteiger partial charge < -0.3 is 10.6 Å². The van der Waals surface area contributed by atoms with Gasteiger partial charge in [-0.15, -0.1) is 35.3 Å². The van der Waals surface area contributed by atoms with E-state index in [1.807, 2.05) is 6.07 Å². The van der Waals surface area contributed by atoms with Crippen LogP contribution in [0.5, 0.6) is 0 Å². The zero-order chi connectivity index (χ0) is 17.4. The van der Waals surface area contributed by atoms with E-state index in [2.05, 4.69) is 73.0 Å². The summed E-state index contributed by atoms with van der Waals surface area (Å²) < 4.78 is 0. The van der Waals surface area contributed by atoms with Gasteiger partial charge in [0.2, 0.25) is 0 Å². The first kappa shape index (κ1) is 21.9. The molecule has 0 fully saturated rings. The van der Waals surface area contributed by atoms with Crippen molar-refractivity contribution in [1.82, 2.24) is 15.6 Å². The molecule has 0 amide bonds. The molecule has 0 saturated heterocycles. The van der Waals surface area contributed by atoms with E-state index in [1.54, 1.807) is 11.3 Å². The summed E-state index contributed by atoms with van der Waals surface area (Å²) in [6, 6.07) is 10.5. The number of rotatable bonds is 6. The average molecular weight is 472 g/mol. The minimum atomic E-state index is 0. The van der Waals surface area contributed by atoms with Crippen molar-refractivity contribution in [3.8, 4) is 0 Å². The predicted molar refractivity (Wildman–Crippen MR) is 119 cm³/mol. The van der Waals surface area contributed by atoms with Crippen molar-refractivity contribution >= 4 is 41.3 Å². The van der Waals surface area contributed by atoms with Crippen LogP contribution in [-0.4, -0.2) is 24.0 Å². The molecular weight excluding hydrogens is 443 g/mol. The Balaban J connectivity index is 0.00000312. The van der Waals surface area contributed by atoms with Crippen LogP contribution in [0.3, 0.4) is 0 Å². The molecule has 1 heterocycles. The zero-order valence-corrected chi connectivity index (χ0v) is 18.7. The number of aromatic nitrogens is 1. The lowest BCUT2D eigenvalue weighted by atomic mass is 9.93. The van der Waals surface area contributed by atoms with E-state index in [1.165, 1.54) is 5.56 Å². The summed E-state index contributed by atoms with van der Waals surface area (Å²) in [5.74, 6) is 0.848. The number of nitrogens with zero attached hydrogens (tertiary/aromatic N) is 2. The van der Waals surface area contributed by atoms with Crippen LogP contribution in [0.25, 0.3) is 0 Å². The molecule has 0 saturated carbocycles. The van der Waals surface area contributed by atoms with Gasteiger partial charge in [0.1, 0.15) is 5.01 Å². The molecule has 2 N–H and O–H groups in total. The molecule has 4 nitrogen and oxygen atoms in total. The van der Waals surface area contributed by atoms with Gasteiger partial charge >= 0.3 is 0 Å². The van der Waals surface area contributed by atoms with Gasteiger partial charge in [-0.1, -0.05) is 51.1 Å². The number of hydrogen-bond donors (Lipinski definition) is 2. The molecule has 2 aromatic rings. The lowest BCUT2D eigenvalue weighted by molar-refractivity contribution is 0.571. The van der Waals surface area contributed by atoms with Crippen molar-refractivity contribution in [1.29, 1.82) is 0 Å². The smallest absolute Gasteiger partial charge is 0.191 e. The van der Waals surface area contributed by atoms with Crippen LogP contribution < -0.4 is 10.6 Å². The normalized spacial score (nSPS) is 11.8. The minimum absolute atomic E-state index is 0. The third-order valence-electron chi connectivity index (χ3n) is 3.59. The lowest BCUT2D eigenvalue weighted by Gasteiger charge is -2.14. The van der Waals surface area contributed by atoms with Crippen molar-refractivity contribution < 1.29 is 0 Å². The van der Waals surface area contributed by atoms with Crippen LogP contribution in [0.4, 0.5) is 0 Å². The Morgan fingerprint density at radius 3 is 2.48 bits per heavy atom. The number of hydrogen-bond acceptors (Lipinski definition) is 3. The van der Waals surface area contributed by atoms with Gasteiger partial charge in [-0.05, 0) is 18.9 Å². The van der Waals surface area contributed by atoms with Gasteiger partial charge in [-0.2, -0.15) is 0 Å². The SMILES string of the molecule is CCNC(=NCc1nc(C(C)(C)C)cs1)NCCc1ccccc1.I. The summed E-state index contributed by atoms with van der Waals surface area (Å²) in [4.78, 5) is 9.35. The molecule has 0 aliphatic heterocycles. The van der Waals surface area contributed by atoms with Crippen molar-refractivity contribution in [2.45, 2.75) is 46.1 Å². The largest absolute Gasteiger partial charge is 0.357 e. The molecule has 6 heteroatoms. The fraction of sp³-hybridized carbons (Fsp3) is 0.474. The summed E-state index contributed by atoms with van der Waals surface area (Å²) in [5.41, 5.74) is 2.56. The summed E-state index contributed by atoms with van der Waals surface area (Å²) in [6.07, 6.45) is 0.983. The van der Waals surface area contributed by atoms with Crippen LogP contribution in [0.2, 0.25) is 0 Å². The number of guanidine groups is 1. The predicted octanol–water partition coefficient (Wildman–Crippen LogP) is 4.36. The second kappa shape index (κ2) is 10.8. The van der Waals surface area contributed by atoms with Crippen molar-refractivity contribution in [3.63, 3.8) is 0 Å². The summed E-state index contributed by atoms with van der Waals surface area (Å²) in [5, 5.41) is 9.88. The van der Waals surface area contributed by atoms with Gasteiger partial charge in [0, 0.05) is 23.9 Å². The second-order valence-corrected chi connectivity index (χ2v) is 7.68. The van der Waals surface area contributed by atoms with E-state index in [0.29, 0.717) is 6.54 Å². The first-order chi connectivity index (χ1) is 11.5. The Hall–Kier alpha value is -1.15. The summed E-state index contributed by atoms with van der Waals surface area (Å²) in [7, 11) is 0. The second-order valence-electron chi connectivity index (χ2n) is 6.73. The topological polar surface area (TPSA) is 49.3 Å². The Labute approximate surface area is 172 Å². The van der Waals surface area contributed by atoms with Crippen molar-refractivity contribution in [2.75, 3.05) is 13.1 Å². The maximum absolute atomic E-state index is 4.70. The maximum atomic E-state index is 4.70.